The molecule has 0 bridgehead atoms. The normalized spacial score (nSPS) is 10.7. The Kier molecular flexibility index (Phi) is 8.16. The number of amides is 1. The second-order valence-corrected chi connectivity index (χ2v) is 9.59. The van der Waals surface area contributed by atoms with E-state index in [1.165, 1.54) is 6.07 Å². The number of aliphatic carboxylic acids is 1. The zero-order valence-corrected chi connectivity index (χ0v) is 22.6. The standard InChI is InChI=1S/C29H28N6O5/c1-34(2)18-7-10-21-24(15-18)40-25-16-19(35(3)4)8-11-22(25)26(21)20-9-6-17(14-23(20)27(36)29(38)39)28(37)31-12-5-13-32-33-30/h6-11,14-16H,5,12-13H2,1-4H3,(H-,31,37,38,39)/p+1. The molecule has 40 heavy (non-hydrogen) atoms. The average molecular weight is 542 g/mol. The lowest BCUT2D eigenvalue weighted by Gasteiger charge is -2.19. The minimum Gasteiger partial charge on any atom is -0.475 e. The largest absolute Gasteiger partial charge is 0.475 e. The summed E-state index contributed by atoms with van der Waals surface area (Å²) in [6.07, 6.45) is 0.435. The number of carbonyl (C=O) groups excluding carboxylic acids is 2. The molecule has 1 heterocycles. The highest BCUT2D eigenvalue weighted by atomic mass is 16.4. The molecule has 0 radical (unpaired) electrons. The molecule has 1 aliphatic carbocycles. The molecule has 11 nitrogen and oxygen atoms in total. The van der Waals surface area contributed by atoms with Crippen LogP contribution in [0.25, 0.3) is 43.9 Å². The summed E-state index contributed by atoms with van der Waals surface area (Å²) in [4.78, 5) is 42.3. The highest BCUT2D eigenvalue weighted by Crippen LogP contribution is 2.42. The number of nitrogens with one attached hydrogen (secondary N) is 1. The summed E-state index contributed by atoms with van der Waals surface area (Å²) < 4.78 is 8.26. The summed E-state index contributed by atoms with van der Waals surface area (Å²) in [5.41, 5.74) is 11.5. The maximum absolute atomic E-state index is 13.0. The Morgan fingerprint density at radius 2 is 1.80 bits per heavy atom. The number of benzene rings is 3. The van der Waals surface area contributed by atoms with Gasteiger partial charge in [0.05, 0.1) is 6.07 Å². The number of rotatable bonds is 9. The minimum atomic E-state index is -1.63. The first-order valence-corrected chi connectivity index (χ1v) is 12.5. The lowest BCUT2D eigenvalue weighted by molar-refractivity contribution is -0.131. The quantitative estimate of drug-likeness (QED) is 0.0478. The Labute approximate surface area is 229 Å². The van der Waals surface area contributed by atoms with Crippen molar-refractivity contribution < 1.29 is 23.9 Å². The summed E-state index contributed by atoms with van der Waals surface area (Å²) in [5.74, 6) is -2.69. The van der Waals surface area contributed by atoms with Crippen molar-refractivity contribution in [2.75, 3.05) is 46.2 Å². The molecule has 204 valence electrons. The van der Waals surface area contributed by atoms with Gasteiger partial charge < -0.3 is 19.7 Å². The monoisotopic (exact) mass is 541 g/mol. The van der Waals surface area contributed by atoms with Crippen LogP contribution < -0.4 is 20.1 Å². The average Bonchev–Trinajstić information content (AvgIpc) is 2.94. The van der Waals surface area contributed by atoms with Crippen molar-refractivity contribution in [3.63, 3.8) is 0 Å². The predicted octanol–water partition coefficient (Wildman–Crippen LogP) is 4.00. The number of hydrogen-bond acceptors (Lipinski definition) is 6. The van der Waals surface area contributed by atoms with Crippen molar-refractivity contribution in [3.8, 4) is 22.5 Å². The van der Waals surface area contributed by atoms with Gasteiger partial charge in [0.15, 0.2) is 0 Å². The van der Waals surface area contributed by atoms with Crippen LogP contribution in [0.5, 0.6) is 0 Å². The molecule has 0 aromatic heterocycles. The van der Waals surface area contributed by atoms with Gasteiger partial charge in [-0.15, -0.1) is 0 Å². The van der Waals surface area contributed by atoms with Crippen molar-refractivity contribution >= 4 is 34.3 Å². The number of carboxylic acids is 1. The maximum Gasteiger partial charge on any atom is 0.377 e. The van der Waals surface area contributed by atoms with Crippen molar-refractivity contribution in [1.82, 2.24) is 9.89 Å². The number of ketones is 1. The number of nitrogens with zero attached hydrogens (tertiary/aromatic N) is 5. The lowest BCUT2D eigenvalue weighted by Crippen LogP contribution is -2.25. The smallest absolute Gasteiger partial charge is 0.377 e. The molecule has 11 heteroatoms. The van der Waals surface area contributed by atoms with Crippen molar-refractivity contribution in [2.24, 2.45) is 5.11 Å². The van der Waals surface area contributed by atoms with Gasteiger partial charge in [0.2, 0.25) is 5.36 Å². The van der Waals surface area contributed by atoms with Crippen LogP contribution in [0.1, 0.15) is 27.1 Å². The Bertz CT molecular complexity index is 1730. The van der Waals surface area contributed by atoms with Crippen LogP contribution in [-0.2, 0) is 4.79 Å². The van der Waals surface area contributed by atoms with Crippen molar-refractivity contribution in [2.45, 2.75) is 6.42 Å². The third-order valence-corrected chi connectivity index (χ3v) is 6.50. The number of carbonyl (C=O) groups is 3. The van der Waals surface area contributed by atoms with Gasteiger partial charge >= 0.3 is 5.97 Å². The summed E-state index contributed by atoms with van der Waals surface area (Å²) in [6.45, 7) is 0.475. The summed E-state index contributed by atoms with van der Waals surface area (Å²) in [7, 11) is 7.66. The van der Waals surface area contributed by atoms with Crippen LogP contribution in [0.3, 0.4) is 0 Å². The molecule has 2 aliphatic rings. The van der Waals surface area contributed by atoms with Gasteiger partial charge in [-0.05, 0) is 47.8 Å². The third kappa shape index (κ3) is 5.64. The second-order valence-electron chi connectivity index (χ2n) is 9.59. The molecule has 2 aromatic carbocycles. The molecule has 0 unspecified atom stereocenters. The predicted molar refractivity (Wildman–Crippen MR) is 153 cm³/mol. The first kappa shape index (κ1) is 27.9. The summed E-state index contributed by atoms with van der Waals surface area (Å²) in [5, 5.41) is 17.4. The van der Waals surface area contributed by atoms with E-state index in [9.17, 15) is 19.5 Å². The molecule has 2 aromatic rings. The number of azide groups is 1. The Hall–Kier alpha value is -5.15. The van der Waals surface area contributed by atoms with E-state index in [0.29, 0.717) is 39.8 Å². The first-order chi connectivity index (χ1) is 19.1. The lowest BCUT2D eigenvalue weighted by atomic mass is 9.88. The fraction of sp³-hybridized carbons (Fsp3) is 0.241. The fourth-order valence-electron chi connectivity index (χ4n) is 4.42. The number of anilines is 1. The first-order valence-electron chi connectivity index (χ1n) is 12.5. The van der Waals surface area contributed by atoms with E-state index in [0.717, 1.165) is 11.0 Å². The topological polar surface area (TPSA) is 152 Å². The molecule has 0 saturated heterocycles. The molecular weight excluding hydrogens is 512 g/mol. The van der Waals surface area contributed by atoms with E-state index < -0.39 is 17.7 Å². The molecule has 1 amide bonds. The highest BCUT2D eigenvalue weighted by molar-refractivity contribution is 6.41. The molecule has 0 saturated carbocycles. The van der Waals surface area contributed by atoms with Crippen LogP contribution in [0.4, 0.5) is 5.69 Å². The molecule has 4 rings (SSSR count). The Morgan fingerprint density at radius 3 is 2.48 bits per heavy atom. The highest BCUT2D eigenvalue weighted by Gasteiger charge is 2.26. The number of carboxylic acid groups (broad SMARTS) is 1. The van der Waals surface area contributed by atoms with Crippen LogP contribution in [-0.4, -0.2) is 64.0 Å². The second kappa shape index (κ2) is 11.7. The van der Waals surface area contributed by atoms with E-state index in [1.807, 2.05) is 74.1 Å². The summed E-state index contributed by atoms with van der Waals surface area (Å²) in [6, 6.07) is 15.8. The van der Waals surface area contributed by atoms with E-state index >= 15 is 0 Å². The van der Waals surface area contributed by atoms with Crippen LogP contribution in [0.15, 0.2) is 64.1 Å². The third-order valence-electron chi connectivity index (χ3n) is 6.50. The van der Waals surface area contributed by atoms with Gasteiger partial charge in [-0.3, -0.25) is 9.59 Å². The Balaban J connectivity index is 1.96. The Morgan fingerprint density at radius 1 is 1.05 bits per heavy atom. The molecule has 0 fully saturated rings. The molecule has 1 aliphatic heterocycles. The zero-order chi connectivity index (χ0) is 29.0. The van der Waals surface area contributed by atoms with E-state index in [2.05, 4.69) is 15.3 Å². The van der Waals surface area contributed by atoms with Gasteiger partial charge in [-0.25, -0.2) is 9.37 Å². The fourth-order valence-corrected chi connectivity index (χ4v) is 4.42. The molecule has 2 N–H and O–H groups in total. The SMILES string of the molecule is CN(C)c1ccc2c(-c3ccc(C(=O)NCCCN=[N+]=[N-])cc3C(=O)C(=O)O)c3ccc(=[N+](C)C)cc-3oc2c1. The summed E-state index contributed by atoms with van der Waals surface area (Å²) >= 11 is 0. The van der Waals surface area contributed by atoms with Crippen molar-refractivity contribution in [1.29, 1.82) is 0 Å². The van der Waals surface area contributed by atoms with E-state index in [1.54, 1.807) is 12.1 Å². The molecule has 0 atom stereocenters. The maximum atomic E-state index is 13.0. The number of Topliss-reactive ketones (excluding diaryl/α,β-unsaturated/α-hetero) is 1. The number of fused-ring (bicyclic) bond motifs is 2. The van der Waals surface area contributed by atoms with Gasteiger partial charge in [0.25, 0.3) is 11.7 Å². The zero-order valence-electron chi connectivity index (χ0n) is 22.6. The van der Waals surface area contributed by atoms with Gasteiger partial charge in [-0.1, -0.05) is 11.2 Å². The van der Waals surface area contributed by atoms with Crippen LogP contribution in [0.2, 0.25) is 0 Å². The molecular formula is C29H29N6O5+. The van der Waals surface area contributed by atoms with Crippen molar-refractivity contribution in [3.05, 3.63) is 81.5 Å². The van der Waals surface area contributed by atoms with Crippen LogP contribution >= 0.6 is 0 Å². The van der Waals surface area contributed by atoms with Gasteiger partial charge in [0.1, 0.15) is 25.4 Å². The molecule has 0 spiro atoms. The van der Waals surface area contributed by atoms with E-state index in [4.69, 9.17) is 9.95 Å². The minimum absolute atomic E-state index is 0.114. The van der Waals surface area contributed by atoms with E-state index in [-0.39, 0.29) is 24.2 Å². The van der Waals surface area contributed by atoms with Crippen LogP contribution in [0, 0.1) is 0 Å². The van der Waals surface area contributed by atoms with Gasteiger partial charge in [0, 0.05) is 77.6 Å². The van der Waals surface area contributed by atoms with Gasteiger partial charge in [-0.2, -0.15) is 0 Å². The number of hydrogen-bond donors (Lipinski definition) is 2.